The highest BCUT2D eigenvalue weighted by molar-refractivity contribution is 14.0. The summed E-state index contributed by atoms with van der Waals surface area (Å²) in [6.07, 6.45) is 3.86. The lowest BCUT2D eigenvalue weighted by molar-refractivity contribution is 0.191. The van der Waals surface area contributed by atoms with Gasteiger partial charge in [-0.25, -0.2) is 0 Å². The molecule has 2 aromatic rings. The third-order valence-corrected chi connectivity index (χ3v) is 4.68. The van der Waals surface area contributed by atoms with E-state index in [1.54, 1.807) is 13.4 Å². The molecule has 7 nitrogen and oxygen atoms in total. The van der Waals surface area contributed by atoms with Gasteiger partial charge in [0.15, 0.2) is 5.96 Å². The molecular formula is C22H37IN6O. The van der Waals surface area contributed by atoms with E-state index < -0.39 is 0 Å². The lowest BCUT2D eigenvalue weighted by Crippen LogP contribution is -2.38. The Kier molecular flexibility index (Phi) is 11.8. The normalized spacial score (nSPS) is 12.4. The van der Waals surface area contributed by atoms with E-state index in [9.17, 15) is 0 Å². The van der Waals surface area contributed by atoms with Crippen LogP contribution in [0.25, 0.3) is 0 Å². The SMILES string of the molecule is CCc1nncn1CCNC(=NC)NCc1ccc(C)cc1OC(C)CC(C)C.I. The van der Waals surface area contributed by atoms with E-state index >= 15 is 0 Å². The summed E-state index contributed by atoms with van der Waals surface area (Å²) in [5.74, 6) is 3.31. The second kappa shape index (κ2) is 13.5. The van der Waals surface area contributed by atoms with Crippen molar-refractivity contribution in [2.75, 3.05) is 13.6 Å². The summed E-state index contributed by atoms with van der Waals surface area (Å²) >= 11 is 0. The third-order valence-electron chi connectivity index (χ3n) is 4.68. The Morgan fingerprint density at radius 1 is 1.23 bits per heavy atom. The molecule has 0 saturated heterocycles. The average molecular weight is 528 g/mol. The molecule has 1 atom stereocenters. The zero-order chi connectivity index (χ0) is 21.2. The van der Waals surface area contributed by atoms with Crippen molar-refractivity contribution in [2.45, 2.75) is 66.7 Å². The Balaban J connectivity index is 0.00000450. The molecular weight excluding hydrogens is 491 g/mol. The second-order valence-electron chi connectivity index (χ2n) is 7.82. The fraction of sp³-hybridized carbons (Fsp3) is 0.591. The van der Waals surface area contributed by atoms with Gasteiger partial charge in [0.25, 0.3) is 0 Å². The van der Waals surface area contributed by atoms with E-state index in [0.29, 0.717) is 12.5 Å². The van der Waals surface area contributed by atoms with E-state index in [0.717, 1.165) is 49.0 Å². The van der Waals surface area contributed by atoms with Gasteiger partial charge >= 0.3 is 0 Å². The molecule has 0 bridgehead atoms. The molecule has 8 heteroatoms. The minimum atomic E-state index is 0. The molecule has 0 aliphatic rings. The monoisotopic (exact) mass is 528 g/mol. The topological polar surface area (TPSA) is 76.4 Å². The summed E-state index contributed by atoms with van der Waals surface area (Å²) < 4.78 is 8.30. The van der Waals surface area contributed by atoms with Gasteiger partial charge in [-0.15, -0.1) is 34.2 Å². The smallest absolute Gasteiger partial charge is 0.191 e. The molecule has 0 fully saturated rings. The first kappa shape index (κ1) is 26.2. The molecule has 168 valence electrons. The number of nitrogens with zero attached hydrogens (tertiary/aromatic N) is 4. The number of ether oxygens (including phenoxy) is 1. The van der Waals surface area contributed by atoms with E-state index in [1.807, 2.05) is 0 Å². The molecule has 2 rings (SSSR count). The highest BCUT2D eigenvalue weighted by Crippen LogP contribution is 2.23. The maximum Gasteiger partial charge on any atom is 0.191 e. The number of halogens is 1. The molecule has 1 aromatic carbocycles. The van der Waals surface area contributed by atoms with Crippen molar-refractivity contribution in [1.29, 1.82) is 0 Å². The molecule has 0 aliphatic heterocycles. The molecule has 30 heavy (non-hydrogen) atoms. The predicted octanol–water partition coefficient (Wildman–Crippen LogP) is 3.95. The number of benzene rings is 1. The fourth-order valence-corrected chi connectivity index (χ4v) is 3.28. The summed E-state index contributed by atoms with van der Waals surface area (Å²) in [5.41, 5.74) is 2.32. The number of hydrogen-bond acceptors (Lipinski definition) is 4. The molecule has 2 N–H and O–H groups in total. The van der Waals surface area contributed by atoms with Gasteiger partial charge in [-0.2, -0.15) is 0 Å². The van der Waals surface area contributed by atoms with Crippen LogP contribution in [0.2, 0.25) is 0 Å². The summed E-state index contributed by atoms with van der Waals surface area (Å²) in [7, 11) is 1.78. The number of guanidine groups is 1. The molecule has 0 radical (unpaired) electrons. The lowest BCUT2D eigenvalue weighted by Gasteiger charge is -2.20. The first-order valence-electron chi connectivity index (χ1n) is 10.5. The maximum atomic E-state index is 6.24. The Hall–Kier alpha value is -1.84. The minimum Gasteiger partial charge on any atom is -0.490 e. The van der Waals surface area contributed by atoms with E-state index in [4.69, 9.17) is 4.74 Å². The second-order valence-corrected chi connectivity index (χ2v) is 7.82. The summed E-state index contributed by atoms with van der Waals surface area (Å²) in [6, 6.07) is 6.35. The average Bonchev–Trinajstić information content (AvgIpc) is 3.12. The van der Waals surface area contributed by atoms with Gasteiger partial charge in [0, 0.05) is 38.7 Å². The third kappa shape index (κ3) is 8.49. The highest BCUT2D eigenvalue weighted by Gasteiger charge is 2.11. The van der Waals surface area contributed by atoms with E-state index in [2.05, 4.69) is 83.2 Å². The summed E-state index contributed by atoms with van der Waals surface area (Å²) in [4.78, 5) is 4.33. The largest absolute Gasteiger partial charge is 0.490 e. The number of aromatic nitrogens is 3. The van der Waals surface area contributed by atoms with Crippen molar-refractivity contribution >= 4 is 29.9 Å². The molecule has 0 aliphatic carbocycles. The Bertz CT molecular complexity index is 790. The van der Waals surface area contributed by atoms with Gasteiger partial charge in [0.05, 0.1) is 6.10 Å². The predicted molar refractivity (Wildman–Crippen MR) is 134 cm³/mol. The van der Waals surface area contributed by atoms with Crippen LogP contribution in [0.4, 0.5) is 0 Å². The van der Waals surface area contributed by atoms with Crippen LogP contribution in [0, 0.1) is 12.8 Å². The minimum absolute atomic E-state index is 0. The van der Waals surface area contributed by atoms with Crippen molar-refractivity contribution in [2.24, 2.45) is 10.9 Å². The van der Waals surface area contributed by atoms with E-state index in [-0.39, 0.29) is 30.1 Å². The highest BCUT2D eigenvalue weighted by atomic mass is 127. The van der Waals surface area contributed by atoms with Crippen LogP contribution in [0.15, 0.2) is 29.5 Å². The molecule has 1 aromatic heterocycles. The van der Waals surface area contributed by atoms with Gasteiger partial charge in [0.1, 0.15) is 17.9 Å². The van der Waals surface area contributed by atoms with Crippen LogP contribution in [-0.4, -0.2) is 40.4 Å². The van der Waals surface area contributed by atoms with Crippen molar-refractivity contribution in [1.82, 2.24) is 25.4 Å². The first-order valence-corrected chi connectivity index (χ1v) is 10.5. The fourth-order valence-electron chi connectivity index (χ4n) is 3.28. The van der Waals surface area contributed by atoms with Crippen LogP contribution < -0.4 is 15.4 Å². The van der Waals surface area contributed by atoms with Crippen molar-refractivity contribution < 1.29 is 4.74 Å². The Labute approximate surface area is 198 Å². The number of rotatable bonds is 10. The molecule has 0 saturated carbocycles. The first-order chi connectivity index (χ1) is 13.9. The Morgan fingerprint density at radius 3 is 2.67 bits per heavy atom. The van der Waals surface area contributed by atoms with Crippen LogP contribution in [0.5, 0.6) is 5.75 Å². The van der Waals surface area contributed by atoms with Crippen LogP contribution in [-0.2, 0) is 19.5 Å². The van der Waals surface area contributed by atoms with Gasteiger partial charge in [0.2, 0.25) is 0 Å². The molecule has 1 heterocycles. The number of aryl methyl sites for hydroxylation is 2. The van der Waals surface area contributed by atoms with Gasteiger partial charge in [-0.1, -0.05) is 32.9 Å². The zero-order valence-electron chi connectivity index (χ0n) is 19.1. The van der Waals surface area contributed by atoms with E-state index in [1.165, 1.54) is 5.56 Å². The van der Waals surface area contributed by atoms with Crippen LogP contribution in [0.3, 0.4) is 0 Å². The Morgan fingerprint density at radius 2 is 2.00 bits per heavy atom. The molecule has 1 unspecified atom stereocenters. The van der Waals surface area contributed by atoms with Gasteiger partial charge in [-0.05, 0) is 37.8 Å². The van der Waals surface area contributed by atoms with Crippen LogP contribution >= 0.6 is 24.0 Å². The molecule has 0 amide bonds. The van der Waals surface area contributed by atoms with Crippen molar-refractivity contribution in [3.05, 3.63) is 41.5 Å². The van der Waals surface area contributed by atoms with Crippen LogP contribution in [0.1, 0.15) is 51.1 Å². The molecule has 0 spiro atoms. The van der Waals surface area contributed by atoms with Crippen molar-refractivity contribution in [3.8, 4) is 5.75 Å². The van der Waals surface area contributed by atoms with Gasteiger partial charge in [-0.3, -0.25) is 4.99 Å². The number of nitrogens with one attached hydrogen (secondary N) is 2. The quantitative estimate of drug-likeness (QED) is 0.278. The maximum absolute atomic E-state index is 6.24. The standard InChI is InChI=1S/C22H36N6O.HI/c1-7-21-27-26-15-28(21)11-10-24-22(23-6)25-14-19-9-8-17(4)13-20(19)29-18(5)12-16(2)3;/h8-9,13,15-16,18H,7,10-12,14H2,1-6H3,(H2,23,24,25);1H. The van der Waals surface area contributed by atoms with Gasteiger partial charge < -0.3 is 19.9 Å². The number of aliphatic imine (C=N–C) groups is 1. The summed E-state index contributed by atoms with van der Waals surface area (Å²) in [5, 5.41) is 14.8. The van der Waals surface area contributed by atoms with Crippen molar-refractivity contribution in [3.63, 3.8) is 0 Å². The number of hydrogen-bond donors (Lipinski definition) is 2. The summed E-state index contributed by atoms with van der Waals surface area (Å²) in [6.45, 7) is 12.9. The zero-order valence-corrected chi connectivity index (χ0v) is 21.4. The lowest BCUT2D eigenvalue weighted by atomic mass is 10.1.